The maximum Gasteiger partial charge on any atom is 0.321 e. The molecule has 0 fully saturated rings. The van der Waals surface area contributed by atoms with Crippen LogP contribution in [0.5, 0.6) is 11.8 Å². The van der Waals surface area contributed by atoms with E-state index >= 15 is 0 Å². The Bertz CT molecular complexity index is 427. The van der Waals surface area contributed by atoms with Crippen molar-refractivity contribution in [3.05, 3.63) is 35.1 Å². The lowest BCUT2D eigenvalue weighted by molar-refractivity contribution is 0.415. The predicted octanol–water partition coefficient (Wildman–Crippen LogP) is 2.37. The van der Waals surface area contributed by atoms with E-state index < -0.39 is 0 Å². The van der Waals surface area contributed by atoms with Gasteiger partial charge in [0.05, 0.1) is 0 Å². The van der Waals surface area contributed by atoms with Gasteiger partial charge in [-0.3, -0.25) is 0 Å². The molecule has 14 heavy (non-hydrogen) atoms. The van der Waals surface area contributed by atoms with Crippen molar-refractivity contribution in [2.45, 2.75) is 0 Å². The number of aromatic nitrogens is 3. The maximum atomic E-state index is 5.49. The molecule has 0 saturated heterocycles. The molecule has 0 aliphatic heterocycles. The van der Waals surface area contributed by atoms with Crippen LogP contribution in [0.15, 0.2) is 35.1 Å². The van der Waals surface area contributed by atoms with Crippen LogP contribution in [0.1, 0.15) is 0 Å². The van der Waals surface area contributed by atoms with Crippen LogP contribution in [-0.2, 0) is 7.05 Å². The molecule has 0 spiro atoms. The molecule has 4 nitrogen and oxygen atoms in total. The van der Waals surface area contributed by atoms with Crippen molar-refractivity contribution >= 4 is 15.9 Å². The second-order valence-corrected chi connectivity index (χ2v) is 3.41. The summed E-state index contributed by atoms with van der Waals surface area (Å²) in [5.74, 6) is 0.746. The molecule has 0 aliphatic carbocycles. The van der Waals surface area contributed by atoms with Gasteiger partial charge in [-0.15, -0.1) is 5.10 Å². The molecular weight excluding hydrogens is 246 g/mol. The summed E-state index contributed by atoms with van der Waals surface area (Å²) in [6.45, 7) is 0. The fourth-order valence-corrected chi connectivity index (χ4v) is 1.41. The number of hydrogen-bond acceptors (Lipinski definition) is 3. The Morgan fingerprint density at radius 2 is 2.00 bits per heavy atom. The van der Waals surface area contributed by atoms with Gasteiger partial charge in [0.2, 0.25) is 4.73 Å². The Morgan fingerprint density at radius 1 is 1.29 bits per heavy atom. The molecule has 0 unspecified atom stereocenters. The zero-order chi connectivity index (χ0) is 9.97. The summed E-state index contributed by atoms with van der Waals surface area (Å²) in [5.41, 5.74) is 0. The zero-order valence-corrected chi connectivity index (χ0v) is 9.10. The minimum atomic E-state index is 0.461. The molecule has 0 N–H and O–H groups in total. The largest absolute Gasteiger partial charge is 0.424 e. The molecular formula is C9H8BrN3O. The number of halogens is 1. The van der Waals surface area contributed by atoms with Crippen LogP contribution in [0.25, 0.3) is 0 Å². The Labute approximate surface area is 89.7 Å². The molecule has 72 valence electrons. The topological polar surface area (TPSA) is 39.9 Å². The summed E-state index contributed by atoms with van der Waals surface area (Å²) in [7, 11) is 1.77. The average molecular weight is 254 g/mol. The third-order valence-electron chi connectivity index (χ3n) is 1.65. The first-order valence-corrected chi connectivity index (χ1v) is 4.84. The highest BCUT2D eigenvalue weighted by molar-refractivity contribution is 9.10. The lowest BCUT2D eigenvalue weighted by Gasteiger charge is -2.01. The fourth-order valence-electron chi connectivity index (χ4n) is 1.02. The van der Waals surface area contributed by atoms with E-state index in [1.54, 1.807) is 11.7 Å². The summed E-state index contributed by atoms with van der Waals surface area (Å²) in [4.78, 5) is 4.05. The van der Waals surface area contributed by atoms with Crippen LogP contribution in [0, 0.1) is 0 Å². The third kappa shape index (κ3) is 1.93. The number of para-hydroxylation sites is 1. The van der Waals surface area contributed by atoms with Crippen LogP contribution >= 0.6 is 15.9 Å². The van der Waals surface area contributed by atoms with E-state index in [9.17, 15) is 0 Å². The number of rotatable bonds is 2. The van der Waals surface area contributed by atoms with Gasteiger partial charge in [-0.1, -0.05) is 18.2 Å². The Hall–Kier alpha value is -1.36. The van der Waals surface area contributed by atoms with Crippen LogP contribution < -0.4 is 4.74 Å². The molecule has 2 aromatic rings. The molecule has 2 rings (SSSR count). The molecule has 0 saturated carbocycles. The van der Waals surface area contributed by atoms with E-state index in [-0.39, 0.29) is 0 Å². The van der Waals surface area contributed by atoms with Gasteiger partial charge in [0.1, 0.15) is 5.75 Å². The smallest absolute Gasteiger partial charge is 0.321 e. The lowest BCUT2D eigenvalue weighted by Crippen LogP contribution is -1.95. The van der Waals surface area contributed by atoms with Gasteiger partial charge in [-0.05, 0) is 28.1 Å². The van der Waals surface area contributed by atoms with E-state index in [0.717, 1.165) is 5.75 Å². The van der Waals surface area contributed by atoms with E-state index in [0.29, 0.717) is 10.7 Å². The second-order valence-electron chi connectivity index (χ2n) is 2.70. The molecule has 1 aromatic heterocycles. The predicted molar refractivity (Wildman–Crippen MR) is 55.2 cm³/mol. The van der Waals surface area contributed by atoms with Gasteiger partial charge in [-0.2, -0.15) is 4.98 Å². The maximum absolute atomic E-state index is 5.49. The molecule has 0 bridgehead atoms. The minimum absolute atomic E-state index is 0.461. The number of benzene rings is 1. The SMILES string of the molecule is Cn1nc(Br)nc1Oc1ccccc1. The first kappa shape index (κ1) is 9.21. The van der Waals surface area contributed by atoms with E-state index in [1.165, 1.54) is 0 Å². The standard InChI is InChI=1S/C9H8BrN3O/c1-13-9(11-8(10)12-13)14-7-5-3-2-4-6-7/h2-6H,1H3. The van der Waals surface area contributed by atoms with Gasteiger partial charge in [-0.25, -0.2) is 4.68 Å². The van der Waals surface area contributed by atoms with Gasteiger partial charge in [0.15, 0.2) is 0 Å². The summed E-state index contributed by atoms with van der Waals surface area (Å²) in [6.07, 6.45) is 0. The normalized spacial score (nSPS) is 10.1. The monoisotopic (exact) mass is 253 g/mol. The summed E-state index contributed by atoms with van der Waals surface area (Å²) >= 11 is 3.17. The van der Waals surface area contributed by atoms with Crippen molar-refractivity contribution in [3.63, 3.8) is 0 Å². The first-order chi connectivity index (χ1) is 6.75. The van der Waals surface area contributed by atoms with E-state index in [1.807, 2.05) is 30.3 Å². The van der Waals surface area contributed by atoms with E-state index in [2.05, 4.69) is 26.0 Å². The van der Waals surface area contributed by atoms with Crippen molar-refractivity contribution in [2.24, 2.45) is 7.05 Å². The number of ether oxygens (including phenoxy) is 1. The van der Waals surface area contributed by atoms with E-state index in [4.69, 9.17) is 4.74 Å². The molecule has 0 aliphatic rings. The Kier molecular flexibility index (Phi) is 2.49. The first-order valence-electron chi connectivity index (χ1n) is 4.05. The molecule has 0 radical (unpaired) electrons. The Balaban J connectivity index is 2.23. The van der Waals surface area contributed by atoms with Crippen molar-refractivity contribution in [1.82, 2.24) is 14.8 Å². The van der Waals surface area contributed by atoms with Crippen LogP contribution in [0.4, 0.5) is 0 Å². The van der Waals surface area contributed by atoms with Crippen molar-refractivity contribution in [3.8, 4) is 11.8 Å². The molecule has 0 amide bonds. The number of nitrogens with zero attached hydrogens (tertiary/aromatic N) is 3. The highest BCUT2D eigenvalue weighted by atomic mass is 79.9. The number of aryl methyl sites for hydroxylation is 1. The van der Waals surface area contributed by atoms with Crippen LogP contribution in [0.3, 0.4) is 0 Å². The third-order valence-corrected chi connectivity index (χ3v) is 1.99. The molecule has 1 aromatic carbocycles. The summed E-state index contributed by atoms with van der Waals surface area (Å²) < 4.78 is 7.58. The van der Waals surface area contributed by atoms with Gasteiger partial charge in [0.25, 0.3) is 0 Å². The number of hydrogen-bond donors (Lipinski definition) is 0. The Morgan fingerprint density at radius 3 is 2.57 bits per heavy atom. The van der Waals surface area contributed by atoms with Crippen molar-refractivity contribution < 1.29 is 4.74 Å². The molecule has 1 heterocycles. The summed E-state index contributed by atoms with van der Waals surface area (Å²) in [5, 5.41) is 4.00. The lowest BCUT2D eigenvalue weighted by atomic mass is 10.3. The average Bonchev–Trinajstić information content (AvgIpc) is 2.47. The highest BCUT2D eigenvalue weighted by Gasteiger charge is 2.06. The van der Waals surface area contributed by atoms with Crippen LogP contribution in [-0.4, -0.2) is 14.8 Å². The summed E-state index contributed by atoms with van der Waals surface area (Å²) in [6, 6.07) is 9.93. The molecule has 0 atom stereocenters. The molecule has 5 heteroatoms. The van der Waals surface area contributed by atoms with Gasteiger partial charge in [0, 0.05) is 7.05 Å². The minimum Gasteiger partial charge on any atom is -0.424 e. The zero-order valence-electron chi connectivity index (χ0n) is 7.51. The van der Waals surface area contributed by atoms with Crippen molar-refractivity contribution in [1.29, 1.82) is 0 Å². The second kappa shape index (κ2) is 3.79. The van der Waals surface area contributed by atoms with Gasteiger partial charge >= 0.3 is 6.01 Å². The fraction of sp³-hybridized carbons (Fsp3) is 0.111. The quantitative estimate of drug-likeness (QED) is 0.825. The van der Waals surface area contributed by atoms with Gasteiger partial charge < -0.3 is 4.74 Å². The highest BCUT2D eigenvalue weighted by Crippen LogP contribution is 2.19. The van der Waals surface area contributed by atoms with Crippen LogP contribution in [0.2, 0.25) is 0 Å². The van der Waals surface area contributed by atoms with Crippen molar-refractivity contribution in [2.75, 3.05) is 0 Å².